The van der Waals surface area contributed by atoms with Crippen molar-refractivity contribution in [2.75, 3.05) is 7.11 Å². The van der Waals surface area contributed by atoms with E-state index in [9.17, 15) is 18.0 Å². The van der Waals surface area contributed by atoms with E-state index in [4.69, 9.17) is 4.74 Å². The Bertz CT molecular complexity index is 1170. The molecule has 0 saturated heterocycles. The molecule has 7 nitrogen and oxygen atoms in total. The van der Waals surface area contributed by atoms with Crippen LogP contribution in [0, 0.1) is 19.7 Å². The second-order valence-electron chi connectivity index (χ2n) is 6.61. The summed E-state index contributed by atoms with van der Waals surface area (Å²) in [5.41, 5.74) is 0.900. The fourth-order valence-electron chi connectivity index (χ4n) is 3.71. The van der Waals surface area contributed by atoms with Crippen molar-refractivity contribution in [2.45, 2.75) is 37.0 Å². The number of aromatic nitrogens is 2. The normalized spacial score (nSPS) is 21.0. The standard InChI is InChI=1S/C18H19FN2O5S/c1-8-11(15-9(2)20-21(4)18(15)23)6-13(19)17-14(8)16(26-5)12(7-22)10(3)27(17,24)25/h6,10,16,20H,1-5H3. The molecule has 1 aliphatic heterocycles. The van der Waals surface area contributed by atoms with Gasteiger partial charge in [0.05, 0.1) is 16.4 Å². The summed E-state index contributed by atoms with van der Waals surface area (Å²) in [6.07, 6.45) is -1.06. The number of nitrogens with zero attached hydrogens (tertiary/aromatic N) is 1. The van der Waals surface area contributed by atoms with Crippen LogP contribution in [-0.2, 0) is 26.4 Å². The van der Waals surface area contributed by atoms with Crippen molar-refractivity contribution in [3.63, 3.8) is 0 Å². The highest BCUT2D eigenvalue weighted by Crippen LogP contribution is 2.45. The van der Waals surface area contributed by atoms with Crippen molar-refractivity contribution in [2.24, 2.45) is 7.05 Å². The number of fused-ring (bicyclic) bond motifs is 1. The lowest BCUT2D eigenvalue weighted by atomic mass is 9.90. The number of H-pyrrole nitrogens is 1. The summed E-state index contributed by atoms with van der Waals surface area (Å²) >= 11 is 0. The van der Waals surface area contributed by atoms with E-state index in [1.165, 1.54) is 25.8 Å². The lowest BCUT2D eigenvalue weighted by molar-refractivity contribution is 0.126. The smallest absolute Gasteiger partial charge is 0.274 e. The number of methoxy groups -OCH3 is 1. The van der Waals surface area contributed by atoms with Crippen LogP contribution in [-0.4, -0.2) is 36.5 Å². The van der Waals surface area contributed by atoms with Gasteiger partial charge in [0.2, 0.25) is 0 Å². The SMILES string of the molecule is COC1C(=C=O)C(C)S(=O)(=O)c2c(F)cc(-c3c(C)[nH]n(C)c3=O)c(C)c21. The number of ether oxygens (including phenoxy) is 1. The number of hydrogen-bond donors (Lipinski definition) is 1. The molecule has 27 heavy (non-hydrogen) atoms. The summed E-state index contributed by atoms with van der Waals surface area (Å²) in [6, 6.07) is 1.05. The first-order valence-electron chi connectivity index (χ1n) is 8.18. The first kappa shape index (κ1) is 19.3. The molecule has 9 heteroatoms. The minimum absolute atomic E-state index is 0.0339. The van der Waals surface area contributed by atoms with Gasteiger partial charge >= 0.3 is 0 Å². The van der Waals surface area contributed by atoms with Gasteiger partial charge in [0.15, 0.2) is 9.84 Å². The molecule has 0 saturated carbocycles. The fraction of sp³-hybridized carbons (Fsp3) is 0.389. The van der Waals surface area contributed by atoms with E-state index in [0.29, 0.717) is 11.3 Å². The molecule has 0 radical (unpaired) electrons. The van der Waals surface area contributed by atoms with E-state index in [-0.39, 0.29) is 27.8 Å². The van der Waals surface area contributed by atoms with E-state index in [1.807, 2.05) is 0 Å². The Morgan fingerprint density at radius 3 is 2.44 bits per heavy atom. The van der Waals surface area contributed by atoms with Crippen molar-refractivity contribution >= 4 is 15.8 Å². The average molecular weight is 394 g/mol. The number of aromatic amines is 1. The molecule has 0 bridgehead atoms. The van der Waals surface area contributed by atoms with Gasteiger partial charge in [0, 0.05) is 25.4 Å². The summed E-state index contributed by atoms with van der Waals surface area (Å²) in [5.74, 6) is 0.672. The van der Waals surface area contributed by atoms with Gasteiger partial charge < -0.3 is 4.74 Å². The average Bonchev–Trinajstić information content (AvgIpc) is 2.85. The third-order valence-electron chi connectivity index (χ3n) is 5.13. The molecule has 1 N–H and O–H groups in total. The largest absolute Gasteiger partial charge is 0.371 e. The molecule has 1 aliphatic rings. The highest BCUT2D eigenvalue weighted by Gasteiger charge is 2.45. The number of hydrogen-bond acceptors (Lipinski definition) is 5. The third-order valence-corrected chi connectivity index (χ3v) is 7.29. The van der Waals surface area contributed by atoms with Gasteiger partial charge in [-0.3, -0.25) is 14.6 Å². The van der Waals surface area contributed by atoms with Gasteiger partial charge in [-0.25, -0.2) is 17.6 Å². The van der Waals surface area contributed by atoms with Gasteiger partial charge in [-0.1, -0.05) is 0 Å². The molecule has 0 amide bonds. The zero-order valence-electron chi connectivity index (χ0n) is 15.5. The minimum Gasteiger partial charge on any atom is -0.371 e. The highest BCUT2D eigenvalue weighted by atomic mass is 32.2. The molecular weight excluding hydrogens is 375 g/mol. The molecule has 0 aliphatic carbocycles. The van der Waals surface area contributed by atoms with E-state index in [2.05, 4.69) is 5.10 Å². The Morgan fingerprint density at radius 2 is 1.96 bits per heavy atom. The zero-order chi connectivity index (χ0) is 20.3. The lowest BCUT2D eigenvalue weighted by Crippen LogP contribution is -2.33. The van der Waals surface area contributed by atoms with Crippen LogP contribution in [0.4, 0.5) is 4.39 Å². The van der Waals surface area contributed by atoms with Crippen molar-refractivity contribution < 1.29 is 22.3 Å². The molecular formula is C18H19FN2O5S. The van der Waals surface area contributed by atoms with Crippen LogP contribution in [0.3, 0.4) is 0 Å². The zero-order valence-corrected chi connectivity index (χ0v) is 16.3. The molecule has 1 aromatic carbocycles. The van der Waals surface area contributed by atoms with E-state index in [0.717, 1.165) is 6.07 Å². The molecule has 0 spiro atoms. The van der Waals surface area contributed by atoms with Crippen molar-refractivity contribution in [1.82, 2.24) is 9.78 Å². The van der Waals surface area contributed by atoms with Crippen molar-refractivity contribution in [1.29, 1.82) is 0 Å². The van der Waals surface area contributed by atoms with Gasteiger partial charge in [-0.05, 0) is 38.0 Å². The number of nitrogens with one attached hydrogen (secondary N) is 1. The number of halogens is 1. The number of sulfone groups is 1. The van der Waals surface area contributed by atoms with Gasteiger partial charge in [0.25, 0.3) is 5.56 Å². The molecule has 0 fully saturated rings. The molecule has 2 heterocycles. The number of rotatable bonds is 2. The van der Waals surface area contributed by atoms with Crippen LogP contribution in [0.15, 0.2) is 21.3 Å². The summed E-state index contributed by atoms with van der Waals surface area (Å²) < 4.78 is 47.3. The van der Waals surface area contributed by atoms with Crippen LogP contribution in [0.2, 0.25) is 0 Å². The fourth-order valence-corrected chi connectivity index (χ4v) is 5.46. The van der Waals surface area contributed by atoms with Gasteiger partial charge in [-0.15, -0.1) is 0 Å². The molecule has 2 aromatic rings. The van der Waals surface area contributed by atoms with Crippen LogP contribution in [0.25, 0.3) is 11.1 Å². The lowest BCUT2D eigenvalue weighted by Gasteiger charge is -2.32. The van der Waals surface area contributed by atoms with Crippen LogP contribution in [0.1, 0.15) is 29.8 Å². The van der Waals surface area contributed by atoms with Gasteiger partial charge in [0.1, 0.15) is 22.8 Å². The van der Waals surface area contributed by atoms with Crippen LogP contribution >= 0.6 is 0 Å². The number of aryl methyl sites for hydroxylation is 2. The summed E-state index contributed by atoms with van der Waals surface area (Å²) in [5, 5.41) is 1.58. The quantitative estimate of drug-likeness (QED) is 0.783. The Labute approximate surface area is 155 Å². The summed E-state index contributed by atoms with van der Waals surface area (Å²) in [7, 11) is -1.30. The Morgan fingerprint density at radius 1 is 1.33 bits per heavy atom. The van der Waals surface area contributed by atoms with E-state index < -0.39 is 31.9 Å². The maximum absolute atomic E-state index is 15.0. The second kappa shape index (κ2) is 6.30. The molecule has 3 rings (SSSR count). The van der Waals surface area contributed by atoms with E-state index >= 15 is 4.39 Å². The molecule has 144 valence electrons. The summed E-state index contributed by atoms with van der Waals surface area (Å²) in [6.45, 7) is 4.55. The molecule has 2 unspecified atom stereocenters. The molecule has 1 aromatic heterocycles. The second-order valence-corrected chi connectivity index (χ2v) is 8.82. The highest BCUT2D eigenvalue weighted by molar-refractivity contribution is 7.92. The number of carbonyl (C=O) groups excluding carboxylic acids is 1. The van der Waals surface area contributed by atoms with Crippen molar-refractivity contribution in [3.8, 4) is 11.1 Å². The Balaban J connectivity index is 2.50. The van der Waals surface area contributed by atoms with Crippen molar-refractivity contribution in [3.05, 3.63) is 44.6 Å². The van der Waals surface area contributed by atoms with Crippen LogP contribution in [0.5, 0.6) is 0 Å². The molecule has 2 atom stereocenters. The maximum atomic E-state index is 15.0. The Kier molecular flexibility index (Phi) is 4.50. The first-order chi connectivity index (χ1) is 12.6. The topological polar surface area (TPSA) is 98.2 Å². The monoisotopic (exact) mass is 394 g/mol. The van der Waals surface area contributed by atoms with Gasteiger partial charge in [-0.2, -0.15) is 0 Å². The first-order valence-corrected chi connectivity index (χ1v) is 9.73. The predicted octanol–water partition coefficient (Wildman–Crippen LogP) is 1.76. The minimum atomic E-state index is -4.14. The van der Waals surface area contributed by atoms with Crippen LogP contribution < -0.4 is 5.56 Å². The maximum Gasteiger partial charge on any atom is 0.274 e. The third kappa shape index (κ3) is 2.54. The van der Waals surface area contributed by atoms with E-state index in [1.54, 1.807) is 19.8 Å². The number of benzene rings is 1. The Hall–Kier alpha value is -2.48. The predicted molar refractivity (Wildman–Crippen MR) is 96.5 cm³/mol. The summed E-state index contributed by atoms with van der Waals surface area (Å²) in [4.78, 5) is 23.4.